The van der Waals surface area contributed by atoms with Gasteiger partial charge in [0.1, 0.15) is 16.7 Å². The Balaban J connectivity index is 1.92. The van der Waals surface area contributed by atoms with Gasteiger partial charge in [-0.25, -0.2) is 0 Å². The number of aromatic nitrogens is 2. The zero-order valence-electron chi connectivity index (χ0n) is 11.1. The molecule has 0 saturated carbocycles. The minimum atomic E-state index is -0.178. The maximum absolute atomic E-state index is 12.0. The Morgan fingerprint density at radius 2 is 2.24 bits per heavy atom. The van der Waals surface area contributed by atoms with E-state index >= 15 is 0 Å². The summed E-state index contributed by atoms with van der Waals surface area (Å²) < 4.78 is 0. The first-order valence-electron chi connectivity index (χ1n) is 6.14. The number of carbonyl (C=O) groups is 1. The number of benzene rings is 1. The molecule has 1 aromatic heterocycles. The van der Waals surface area contributed by atoms with Crippen LogP contribution in [0.4, 0.5) is 11.5 Å². The predicted octanol–water partition coefficient (Wildman–Crippen LogP) is 2.41. The summed E-state index contributed by atoms with van der Waals surface area (Å²) in [4.78, 5) is 12.0. The number of nitriles is 1. The number of hydrogen-bond acceptors (Lipinski definition) is 5. The van der Waals surface area contributed by atoms with Crippen molar-refractivity contribution >= 4 is 34.7 Å². The molecule has 2 heterocycles. The molecule has 3 N–H and O–H groups in total. The SMILES string of the molecule is CSc1[nH]nc(N/C=C2\C(=O)Nc3ccccc32)c1C#N. The number of anilines is 2. The van der Waals surface area contributed by atoms with Crippen LogP contribution >= 0.6 is 11.8 Å². The summed E-state index contributed by atoms with van der Waals surface area (Å²) in [6, 6.07) is 9.53. The molecule has 0 unspecified atom stereocenters. The number of fused-ring (bicyclic) bond motifs is 1. The summed E-state index contributed by atoms with van der Waals surface area (Å²) in [5.74, 6) is 0.231. The molecular weight excluding hydrogens is 286 g/mol. The fourth-order valence-corrected chi connectivity index (χ4v) is 2.59. The maximum atomic E-state index is 12.0. The first kappa shape index (κ1) is 13.3. The highest BCUT2D eigenvalue weighted by Gasteiger charge is 2.23. The quantitative estimate of drug-likeness (QED) is 0.597. The molecular formula is C14H11N5OS. The normalized spacial score (nSPS) is 14.7. The molecule has 1 aromatic carbocycles. The van der Waals surface area contributed by atoms with Crippen LogP contribution in [0.3, 0.4) is 0 Å². The summed E-state index contributed by atoms with van der Waals surface area (Å²) >= 11 is 1.41. The van der Waals surface area contributed by atoms with Crippen molar-refractivity contribution in [1.29, 1.82) is 5.26 Å². The second-order valence-electron chi connectivity index (χ2n) is 4.29. The number of amides is 1. The molecule has 0 bridgehead atoms. The van der Waals surface area contributed by atoms with E-state index in [-0.39, 0.29) is 5.91 Å². The number of nitrogens with zero attached hydrogens (tertiary/aromatic N) is 2. The second kappa shape index (κ2) is 5.34. The zero-order valence-corrected chi connectivity index (χ0v) is 11.9. The first-order valence-corrected chi connectivity index (χ1v) is 7.37. The van der Waals surface area contributed by atoms with E-state index in [0.29, 0.717) is 22.0 Å². The number of nitrogens with one attached hydrogen (secondary N) is 3. The lowest BCUT2D eigenvalue weighted by molar-refractivity contribution is -0.110. The molecule has 21 heavy (non-hydrogen) atoms. The molecule has 0 saturated heterocycles. The molecule has 1 aliphatic heterocycles. The molecule has 7 heteroatoms. The van der Waals surface area contributed by atoms with Crippen molar-refractivity contribution in [2.45, 2.75) is 5.03 Å². The van der Waals surface area contributed by atoms with E-state index in [1.54, 1.807) is 6.20 Å². The number of thioether (sulfide) groups is 1. The second-order valence-corrected chi connectivity index (χ2v) is 5.11. The van der Waals surface area contributed by atoms with Crippen LogP contribution in [0.15, 0.2) is 35.5 Å². The van der Waals surface area contributed by atoms with E-state index in [2.05, 4.69) is 26.9 Å². The van der Waals surface area contributed by atoms with Crippen molar-refractivity contribution in [3.05, 3.63) is 41.6 Å². The van der Waals surface area contributed by atoms with E-state index in [1.165, 1.54) is 11.8 Å². The van der Waals surface area contributed by atoms with E-state index in [4.69, 9.17) is 5.26 Å². The third kappa shape index (κ3) is 2.26. The summed E-state index contributed by atoms with van der Waals surface area (Å²) in [6.45, 7) is 0. The third-order valence-corrected chi connectivity index (χ3v) is 3.82. The fourth-order valence-electron chi connectivity index (χ4n) is 2.10. The Kier molecular flexibility index (Phi) is 3.38. The third-order valence-electron chi connectivity index (χ3n) is 3.11. The molecule has 0 aliphatic carbocycles. The van der Waals surface area contributed by atoms with Crippen molar-refractivity contribution < 1.29 is 4.79 Å². The highest BCUT2D eigenvalue weighted by Crippen LogP contribution is 2.31. The van der Waals surface area contributed by atoms with Crippen LogP contribution in [0.25, 0.3) is 5.57 Å². The number of para-hydroxylation sites is 1. The minimum Gasteiger partial charge on any atom is -0.343 e. The van der Waals surface area contributed by atoms with Gasteiger partial charge < -0.3 is 10.6 Å². The van der Waals surface area contributed by atoms with Gasteiger partial charge in [0.15, 0.2) is 5.82 Å². The Labute approximate surface area is 125 Å². The molecule has 3 rings (SSSR count). The average molecular weight is 297 g/mol. The lowest BCUT2D eigenvalue weighted by atomic mass is 10.1. The van der Waals surface area contributed by atoms with E-state index < -0.39 is 0 Å². The number of aromatic amines is 1. The molecule has 1 amide bonds. The Morgan fingerprint density at radius 1 is 1.43 bits per heavy atom. The fraction of sp³-hybridized carbons (Fsp3) is 0.0714. The summed E-state index contributed by atoms with van der Waals surface area (Å²) in [7, 11) is 0. The van der Waals surface area contributed by atoms with Crippen LogP contribution in [0, 0.1) is 11.3 Å². The van der Waals surface area contributed by atoms with Crippen LogP contribution in [0.1, 0.15) is 11.1 Å². The lowest BCUT2D eigenvalue weighted by Crippen LogP contribution is -2.05. The predicted molar refractivity (Wildman–Crippen MR) is 81.8 cm³/mol. The van der Waals surface area contributed by atoms with Crippen molar-refractivity contribution in [2.75, 3.05) is 16.9 Å². The van der Waals surface area contributed by atoms with Crippen LogP contribution in [0.5, 0.6) is 0 Å². The summed E-state index contributed by atoms with van der Waals surface area (Å²) in [5, 5.41) is 22.4. The van der Waals surface area contributed by atoms with Crippen LogP contribution < -0.4 is 10.6 Å². The Hall–Kier alpha value is -2.72. The molecule has 6 nitrogen and oxygen atoms in total. The molecule has 104 valence electrons. The topological polar surface area (TPSA) is 93.6 Å². The smallest absolute Gasteiger partial charge is 0.257 e. The van der Waals surface area contributed by atoms with Gasteiger partial charge in [0.2, 0.25) is 0 Å². The van der Waals surface area contributed by atoms with E-state index in [0.717, 1.165) is 11.3 Å². The lowest BCUT2D eigenvalue weighted by Gasteiger charge is -1.99. The zero-order chi connectivity index (χ0) is 14.8. The summed E-state index contributed by atoms with van der Waals surface area (Å²) in [5.41, 5.74) is 2.56. The standard InChI is InChI=1S/C14H11N5OS/c1-21-14-9(6-15)12(18-19-14)16-7-10-8-4-2-3-5-11(8)17-13(10)20/h2-5,7H,1H3,(H,17,20)(H2,16,18,19)/b10-7-. The van der Waals surface area contributed by atoms with Gasteiger partial charge in [-0.15, -0.1) is 11.8 Å². The average Bonchev–Trinajstić information content (AvgIpc) is 3.04. The van der Waals surface area contributed by atoms with Crippen molar-refractivity contribution in [3.63, 3.8) is 0 Å². The van der Waals surface area contributed by atoms with E-state index in [9.17, 15) is 4.79 Å². The van der Waals surface area contributed by atoms with Crippen LogP contribution in [0.2, 0.25) is 0 Å². The highest BCUT2D eigenvalue weighted by atomic mass is 32.2. The van der Waals surface area contributed by atoms with Gasteiger partial charge in [0.05, 0.1) is 5.57 Å². The van der Waals surface area contributed by atoms with Gasteiger partial charge in [-0.2, -0.15) is 10.4 Å². The molecule has 0 fully saturated rings. The first-order chi connectivity index (χ1) is 10.2. The van der Waals surface area contributed by atoms with Gasteiger partial charge in [-0.05, 0) is 12.3 Å². The van der Waals surface area contributed by atoms with Gasteiger partial charge in [0.25, 0.3) is 5.91 Å². The van der Waals surface area contributed by atoms with Gasteiger partial charge in [-0.3, -0.25) is 9.89 Å². The molecule has 2 aromatic rings. The molecule has 0 atom stereocenters. The number of hydrogen-bond donors (Lipinski definition) is 3. The van der Waals surface area contributed by atoms with Crippen LogP contribution in [-0.4, -0.2) is 22.4 Å². The number of rotatable bonds is 3. The van der Waals surface area contributed by atoms with Crippen molar-refractivity contribution in [1.82, 2.24) is 10.2 Å². The van der Waals surface area contributed by atoms with Crippen molar-refractivity contribution in [3.8, 4) is 6.07 Å². The highest BCUT2D eigenvalue weighted by molar-refractivity contribution is 7.98. The monoisotopic (exact) mass is 297 g/mol. The number of H-pyrrole nitrogens is 1. The largest absolute Gasteiger partial charge is 0.343 e. The molecule has 1 aliphatic rings. The number of carbonyl (C=O) groups excluding carboxylic acids is 1. The van der Waals surface area contributed by atoms with Gasteiger partial charge in [-0.1, -0.05) is 18.2 Å². The Bertz CT molecular complexity index is 787. The Morgan fingerprint density at radius 3 is 3.00 bits per heavy atom. The summed E-state index contributed by atoms with van der Waals surface area (Å²) in [6.07, 6.45) is 3.43. The van der Waals surface area contributed by atoms with Gasteiger partial charge in [0, 0.05) is 17.5 Å². The molecule has 0 radical (unpaired) electrons. The van der Waals surface area contributed by atoms with E-state index in [1.807, 2.05) is 30.5 Å². The maximum Gasteiger partial charge on any atom is 0.257 e. The van der Waals surface area contributed by atoms with Crippen molar-refractivity contribution in [2.24, 2.45) is 0 Å². The minimum absolute atomic E-state index is 0.178. The van der Waals surface area contributed by atoms with Gasteiger partial charge >= 0.3 is 0 Å². The molecule has 0 spiro atoms. The van der Waals surface area contributed by atoms with Crippen LogP contribution in [-0.2, 0) is 4.79 Å².